The quantitative estimate of drug-likeness (QED) is 0.712. The Kier molecular flexibility index (Phi) is 2.68. The fourth-order valence-electron chi connectivity index (χ4n) is 2.05. The van der Waals surface area contributed by atoms with Gasteiger partial charge in [0.2, 0.25) is 0 Å². The molecule has 0 unspecified atom stereocenters. The number of hydrogen-bond acceptors (Lipinski definition) is 3. The molecule has 0 atom stereocenters. The summed E-state index contributed by atoms with van der Waals surface area (Å²) >= 11 is 0. The van der Waals surface area contributed by atoms with Gasteiger partial charge in [-0.25, -0.2) is 4.98 Å². The molecule has 0 saturated heterocycles. The Morgan fingerprint density at radius 1 is 1.22 bits per heavy atom. The van der Waals surface area contributed by atoms with Crippen LogP contribution >= 0.6 is 0 Å². The molecule has 0 aliphatic rings. The summed E-state index contributed by atoms with van der Waals surface area (Å²) in [6, 6.07) is 9.87. The standard InChI is InChI=1S/C14H14N4/c15-12-3-4-14-13(8-12)17-10-18(14)7-5-11-2-1-6-16-9-11/h1-4,6,8-10H,5,7,15H2. The van der Waals surface area contributed by atoms with Crippen LogP contribution in [0, 0.1) is 0 Å². The third-order valence-electron chi connectivity index (χ3n) is 3.01. The fourth-order valence-corrected chi connectivity index (χ4v) is 2.05. The zero-order valence-corrected chi connectivity index (χ0v) is 9.95. The lowest BCUT2D eigenvalue weighted by Gasteiger charge is -2.04. The molecule has 0 saturated carbocycles. The van der Waals surface area contributed by atoms with Crippen LogP contribution in [0.25, 0.3) is 11.0 Å². The van der Waals surface area contributed by atoms with Crippen molar-refractivity contribution in [3.05, 3.63) is 54.6 Å². The molecule has 0 amide bonds. The summed E-state index contributed by atoms with van der Waals surface area (Å²) < 4.78 is 2.14. The second-order valence-corrected chi connectivity index (χ2v) is 4.30. The fraction of sp³-hybridized carbons (Fsp3) is 0.143. The Morgan fingerprint density at radius 2 is 2.17 bits per heavy atom. The van der Waals surface area contributed by atoms with Gasteiger partial charge in [-0.1, -0.05) is 6.07 Å². The van der Waals surface area contributed by atoms with Crippen molar-refractivity contribution in [2.45, 2.75) is 13.0 Å². The van der Waals surface area contributed by atoms with Crippen LogP contribution in [0.2, 0.25) is 0 Å². The van der Waals surface area contributed by atoms with E-state index in [2.05, 4.69) is 20.6 Å². The number of fused-ring (bicyclic) bond motifs is 1. The molecule has 3 rings (SSSR count). The molecule has 0 bridgehead atoms. The van der Waals surface area contributed by atoms with Crippen molar-refractivity contribution >= 4 is 16.7 Å². The first-order chi connectivity index (χ1) is 8.83. The molecule has 2 aromatic heterocycles. The molecular weight excluding hydrogens is 224 g/mol. The van der Waals surface area contributed by atoms with Crippen molar-refractivity contribution in [1.82, 2.24) is 14.5 Å². The van der Waals surface area contributed by atoms with Crippen molar-refractivity contribution in [2.75, 3.05) is 5.73 Å². The monoisotopic (exact) mass is 238 g/mol. The molecule has 90 valence electrons. The Labute approximate surface area is 105 Å². The summed E-state index contributed by atoms with van der Waals surface area (Å²) in [4.78, 5) is 8.48. The highest BCUT2D eigenvalue weighted by Crippen LogP contribution is 2.16. The second kappa shape index (κ2) is 4.49. The van der Waals surface area contributed by atoms with E-state index in [0.717, 1.165) is 29.7 Å². The number of nitrogens with zero attached hydrogens (tertiary/aromatic N) is 3. The van der Waals surface area contributed by atoms with Crippen molar-refractivity contribution < 1.29 is 0 Å². The summed E-state index contributed by atoms with van der Waals surface area (Å²) in [5.41, 5.74) is 9.79. The molecule has 0 fully saturated rings. The predicted molar refractivity (Wildman–Crippen MR) is 72.1 cm³/mol. The molecule has 0 radical (unpaired) electrons. The average molecular weight is 238 g/mol. The molecular formula is C14H14N4. The van der Waals surface area contributed by atoms with Crippen LogP contribution in [0.3, 0.4) is 0 Å². The van der Waals surface area contributed by atoms with E-state index in [9.17, 15) is 0 Å². The maximum absolute atomic E-state index is 5.74. The van der Waals surface area contributed by atoms with Crippen molar-refractivity contribution in [3.63, 3.8) is 0 Å². The molecule has 4 nitrogen and oxygen atoms in total. The number of aromatic nitrogens is 3. The van der Waals surface area contributed by atoms with E-state index in [0.29, 0.717) is 0 Å². The Hall–Kier alpha value is -2.36. The molecule has 2 heterocycles. The lowest BCUT2D eigenvalue weighted by Crippen LogP contribution is -2.00. The second-order valence-electron chi connectivity index (χ2n) is 4.30. The first-order valence-electron chi connectivity index (χ1n) is 5.92. The van der Waals surface area contributed by atoms with Crippen LogP contribution in [0.1, 0.15) is 5.56 Å². The summed E-state index contributed by atoms with van der Waals surface area (Å²) in [5, 5.41) is 0. The molecule has 0 spiro atoms. The largest absolute Gasteiger partial charge is 0.399 e. The number of hydrogen-bond donors (Lipinski definition) is 1. The van der Waals surface area contributed by atoms with E-state index < -0.39 is 0 Å². The van der Waals surface area contributed by atoms with Crippen LogP contribution < -0.4 is 5.73 Å². The van der Waals surface area contributed by atoms with Crippen LogP contribution in [0.5, 0.6) is 0 Å². The minimum atomic E-state index is 0.750. The predicted octanol–water partition coefficient (Wildman–Crippen LogP) is 2.26. The molecule has 1 aromatic carbocycles. The van der Waals surface area contributed by atoms with Crippen LogP contribution in [-0.2, 0) is 13.0 Å². The molecule has 0 aliphatic heterocycles. The summed E-state index contributed by atoms with van der Waals surface area (Å²) in [5.74, 6) is 0. The number of imidazole rings is 1. The highest BCUT2D eigenvalue weighted by atomic mass is 15.0. The number of benzene rings is 1. The first-order valence-corrected chi connectivity index (χ1v) is 5.92. The van der Waals surface area contributed by atoms with E-state index in [-0.39, 0.29) is 0 Å². The van der Waals surface area contributed by atoms with E-state index >= 15 is 0 Å². The number of nitrogens with two attached hydrogens (primary N) is 1. The van der Waals surface area contributed by atoms with Gasteiger partial charge >= 0.3 is 0 Å². The number of pyridine rings is 1. The van der Waals surface area contributed by atoms with Crippen molar-refractivity contribution in [3.8, 4) is 0 Å². The van der Waals surface area contributed by atoms with Gasteiger partial charge < -0.3 is 10.3 Å². The molecule has 4 heteroatoms. The summed E-state index contributed by atoms with van der Waals surface area (Å²) in [7, 11) is 0. The Bertz CT molecular complexity index is 658. The van der Waals surface area contributed by atoms with Gasteiger partial charge in [-0.3, -0.25) is 4.98 Å². The van der Waals surface area contributed by atoms with Crippen LogP contribution in [-0.4, -0.2) is 14.5 Å². The van der Waals surface area contributed by atoms with Gasteiger partial charge in [0.05, 0.1) is 17.4 Å². The zero-order valence-electron chi connectivity index (χ0n) is 9.95. The van der Waals surface area contributed by atoms with E-state index in [1.807, 2.05) is 36.8 Å². The van der Waals surface area contributed by atoms with Crippen molar-refractivity contribution in [2.24, 2.45) is 0 Å². The van der Waals surface area contributed by atoms with E-state index in [1.54, 1.807) is 6.20 Å². The molecule has 0 aliphatic carbocycles. The van der Waals surface area contributed by atoms with Crippen molar-refractivity contribution in [1.29, 1.82) is 0 Å². The number of nitrogen functional groups attached to an aromatic ring is 1. The van der Waals surface area contributed by atoms with Crippen LogP contribution in [0.15, 0.2) is 49.1 Å². The third-order valence-corrected chi connectivity index (χ3v) is 3.01. The van der Waals surface area contributed by atoms with Gasteiger partial charge in [-0.05, 0) is 36.2 Å². The molecule has 2 N–H and O–H groups in total. The number of anilines is 1. The van der Waals surface area contributed by atoms with Gasteiger partial charge in [0.1, 0.15) is 0 Å². The maximum atomic E-state index is 5.74. The summed E-state index contributed by atoms with van der Waals surface area (Å²) in [6.07, 6.45) is 6.50. The Morgan fingerprint density at radius 3 is 3.00 bits per heavy atom. The minimum Gasteiger partial charge on any atom is -0.399 e. The molecule has 3 aromatic rings. The van der Waals surface area contributed by atoms with Crippen LogP contribution in [0.4, 0.5) is 5.69 Å². The normalized spacial score (nSPS) is 10.9. The lowest BCUT2D eigenvalue weighted by atomic mass is 10.2. The Balaban J connectivity index is 1.83. The maximum Gasteiger partial charge on any atom is 0.0958 e. The summed E-state index contributed by atoms with van der Waals surface area (Å²) in [6.45, 7) is 0.895. The van der Waals surface area contributed by atoms with Gasteiger partial charge in [0.25, 0.3) is 0 Å². The minimum absolute atomic E-state index is 0.750. The number of rotatable bonds is 3. The molecule has 18 heavy (non-hydrogen) atoms. The van der Waals surface area contributed by atoms with Gasteiger partial charge in [-0.2, -0.15) is 0 Å². The van der Waals surface area contributed by atoms with Gasteiger partial charge in [0.15, 0.2) is 0 Å². The zero-order chi connectivity index (χ0) is 12.4. The van der Waals surface area contributed by atoms with E-state index in [1.165, 1.54) is 5.56 Å². The van der Waals surface area contributed by atoms with Gasteiger partial charge in [-0.15, -0.1) is 0 Å². The highest BCUT2D eigenvalue weighted by Gasteiger charge is 2.02. The first kappa shape index (κ1) is 10.8. The highest BCUT2D eigenvalue weighted by molar-refractivity contribution is 5.78. The third kappa shape index (κ3) is 2.05. The van der Waals surface area contributed by atoms with Gasteiger partial charge in [0, 0.05) is 24.6 Å². The topological polar surface area (TPSA) is 56.7 Å². The smallest absolute Gasteiger partial charge is 0.0958 e. The number of aryl methyl sites for hydroxylation is 2. The average Bonchev–Trinajstić information content (AvgIpc) is 2.80. The van der Waals surface area contributed by atoms with E-state index in [4.69, 9.17) is 5.73 Å². The lowest BCUT2D eigenvalue weighted by molar-refractivity contribution is 0.714. The SMILES string of the molecule is Nc1ccc2c(c1)ncn2CCc1cccnc1.